The third-order valence-corrected chi connectivity index (χ3v) is 2.77. The number of aryl methyl sites for hydroxylation is 1. The van der Waals surface area contributed by atoms with Crippen molar-refractivity contribution in [1.82, 2.24) is 10.3 Å². The van der Waals surface area contributed by atoms with Gasteiger partial charge < -0.3 is 21.3 Å². The maximum atomic E-state index is 10.8. The first-order valence-corrected chi connectivity index (χ1v) is 5.66. The van der Waals surface area contributed by atoms with E-state index < -0.39 is 6.03 Å². The highest BCUT2D eigenvalue weighted by Gasteiger charge is 2.12. The van der Waals surface area contributed by atoms with Crippen molar-refractivity contribution < 1.29 is 4.79 Å². The smallest absolute Gasteiger partial charge is 0.316 e. The highest BCUT2D eigenvalue weighted by Crippen LogP contribution is 2.18. The molecular formula is C11H18ClN5O. The Hall–Kier alpha value is -1.53. The summed E-state index contributed by atoms with van der Waals surface area (Å²) in [4.78, 5) is 17.5. The number of piperazine rings is 1. The highest BCUT2D eigenvalue weighted by molar-refractivity contribution is 5.88. The van der Waals surface area contributed by atoms with Gasteiger partial charge in [-0.2, -0.15) is 0 Å². The summed E-state index contributed by atoms with van der Waals surface area (Å²) in [5, 5.41) is 5.84. The predicted molar refractivity (Wildman–Crippen MR) is 74.5 cm³/mol. The highest BCUT2D eigenvalue weighted by atomic mass is 35.5. The molecule has 6 nitrogen and oxygen atoms in total. The molecule has 18 heavy (non-hydrogen) atoms. The molecule has 0 spiro atoms. The van der Waals surface area contributed by atoms with Crippen molar-refractivity contribution in [3.63, 3.8) is 0 Å². The van der Waals surface area contributed by atoms with Crippen LogP contribution in [-0.2, 0) is 0 Å². The number of aromatic nitrogens is 1. The van der Waals surface area contributed by atoms with Gasteiger partial charge in [0, 0.05) is 26.2 Å². The fourth-order valence-corrected chi connectivity index (χ4v) is 1.88. The molecule has 0 aliphatic carbocycles. The van der Waals surface area contributed by atoms with Crippen LogP contribution in [0.3, 0.4) is 0 Å². The van der Waals surface area contributed by atoms with E-state index in [0.717, 1.165) is 37.7 Å². The van der Waals surface area contributed by atoms with Gasteiger partial charge in [-0.15, -0.1) is 12.4 Å². The Morgan fingerprint density at radius 1 is 1.44 bits per heavy atom. The Morgan fingerprint density at radius 2 is 2.11 bits per heavy atom. The molecule has 100 valence electrons. The Kier molecular flexibility index (Phi) is 5.18. The maximum Gasteiger partial charge on any atom is 0.316 e. The minimum atomic E-state index is -0.565. The van der Waals surface area contributed by atoms with E-state index in [-0.39, 0.29) is 12.4 Å². The van der Waals surface area contributed by atoms with E-state index in [4.69, 9.17) is 5.73 Å². The number of nitrogens with zero attached hydrogens (tertiary/aromatic N) is 2. The number of urea groups is 1. The normalized spacial score (nSPS) is 14.8. The molecule has 4 N–H and O–H groups in total. The first kappa shape index (κ1) is 14.5. The lowest BCUT2D eigenvalue weighted by Gasteiger charge is -2.28. The summed E-state index contributed by atoms with van der Waals surface area (Å²) >= 11 is 0. The van der Waals surface area contributed by atoms with E-state index >= 15 is 0 Å². The molecule has 0 bridgehead atoms. The molecule has 0 unspecified atom stereocenters. The van der Waals surface area contributed by atoms with E-state index in [1.165, 1.54) is 0 Å². The molecule has 0 radical (unpaired) electrons. The van der Waals surface area contributed by atoms with Gasteiger partial charge in [0.05, 0.1) is 11.4 Å². The summed E-state index contributed by atoms with van der Waals surface area (Å²) < 4.78 is 0. The molecular weight excluding hydrogens is 254 g/mol. The van der Waals surface area contributed by atoms with Gasteiger partial charge in [0.25, 0.3) is 0 Å². The van der Waals surface area contributed by atoms with Crippen molar-refractivity contribution in [3.8, 4) is 0 Å². The number of pyridine rings is 1. The molecule has 2 rings (SSSR count). The largest absolute Gasteiger partial charge is 0.354 e. The van der Waals surface area contributed by atoms with Gasteiger partial charge in [0.15, 0.2) is 0 Å². The Bertz CT molecular complexity index is 420. The van der Waals surface area contributed by atoms with E-state index in [0.29, 0.717) is 5.69 Å². The molecule has 1 aliphatic rings. The SMILES string of the molecule is Cc1nc(N2CCNCC2)ccc1NC(N)=O.Cl. The lowest BCUT2D eigenvalue weighted by Crippen LogP contribution is -2.43. The summed E-state index contributed by atoms with van der Waals surface area (Å²) in [5.41, 5.74) is 6.52. The quantitative estimate of drug-likeness (QED) is 0.740. The number of carbonyl (C=O) groups excluding carboxylic acids is 1. The molecule has 0 aromatic carbocycles. The van der Waals surface area contributed by atoms with Gasteiger partial charge in [-0.3, -0.25) is 0 Å². The minimum Gasteiger partial charge on any atom is -0.354 e. The molecule has 7 heteroatoms. The van der Waals surface area contributed by atoms with E-state index in [9.17, 15) is 4.79 Å². The van der Waals surface area contributed by atoms with Crippen LogP contribution in [0.5, 0.6) is 0 Å². The number of hydrogen-bond acceptors (Lipinski definition) is 4. The van der Waals surface area contributed by atoms with Gasteiger partial charge in [0.2, 0.25) is 0 Å². The van der Waals surface area contributed by atoms with Crippen molar-refractivity contribution in [2.75, 3.05) is 36.4 Å². The number of anilines is 2. The molecule has 1 aromatic rings. The molecule has 2 amide bonds. The van der Waals surface area contributed by atoms with Crippen LogP contribution in [0, 0.1) is 6.92 Å². The lowest BCUT2D eigenvalue weighted by molar-refractivity contribution is 0.259. The third-order valence-electron chi connectivity index (χ3n) is 2.77. The number of primary amides is 1. The minimum absolute atomic E-state index is 0. The maximum absolute atomic E-state index is 10.8. The van der Waals surface area contributed by atoms with E-state index in [2.05, 4.69) is 20.5 Å². The molecule has 2 heterocycles. The number of nitrogens with two attached hydrogens (primary N) is 1. The third kappa shape index (κ3) is 3.48. The fraction of sp³-hybridized carbons (Fsp3) is 0.455. The van der Waals surface area contributed by atoms with Crippen molar-refractivity contribution >= 4 is 29.9 Å². The van der Waals surface area contributed by atoms with Crippen molar-refractivity contribution in [2.24, 2.45) is 5.73 Å². The molecule has 1 saturated heterocycles. The van der Waals surface area contributed by atoms with Gasteiger partial charge in [-0.1, -0.05) is 0 Å². The summed E-state index contributed by atoms with van der Waals surface area (Å²) in [5.74, 6) is 0.944. The molecule has 0 atom stereocenters. The Balaban J connectivity index is 0.00000162. The standard InChI is InChI=1S/C11H17N5O.ClH/c1-8-9(15-11(12)17)2-3-10(14-8)16-6-4-13-5-7-16;/h2-3,13H,4-7H2,1H3,(H3,12,15,17);1H. The van der Waals surface area contributed by atoms with Gasteiger partial charge in [0.1, 0.15) is 5.82 Å². The second-order valence-corrected chi connectivity index (χ2v) is 4.03. The number of hydrogen-bond donors (Lipinski definition) is 3. The first-order valence-electron chi connectivity index (χ1n) is 5.66. The summed E-state index contributed by atoms with van der Waals surface area (Å²) in [6.07, 6.45) is 0. The number of amides is 2. The summed E-state index contributed by atoms with van der Waals surface area (Å²) in [6.45, 7) is 5.71. The zero-order chi connectivity index (χ0) is 12.3. The van der Waals surface area contributed by atoms with Crippen molar-refractivity contribution in [1.29, 1.82) is 0 Å². The van der Waals surface area contributed by atoms with E-state index in [1.807, 2.05) is 19.1 Å². The van der Waals surface area contributed by atoms with Crippen LogP contribution in [0.1, 0.15) is 5.69 Å². The second kappa shape index (κ2) is 6.42. The molecule has 0 saturated carbocycles. The van der Waals surface area contributed by atoms with Crippen LogP contribution in [0.4, 0.5) is 16.3 Å². The van der Waals surface area contributed by atoms with Crippen LogP contribution < -0.4 is 21.3 Å². The number of rotatable bonds is 2. The number of nitrogens with one attached hydrogen (secondary N) is 2. The van der Waals surface area contributed by atoms with Crippen LogP contribution >= 0.6 is 12.4 Å². The van der Waals surface area contributed by atoms with Crippen LogP contribution in [0.25, 0.3) is 0 Å². The zero-order valence-electron chi connectivity index (χ0n) is 10.3. The topological polar surface area (TPSA) is 83.3 Å². The second-order valence-electron chi connectivity index (χ2n) is 4.03. The lowest BCUT2D eigenvalue weighted by atomic mass is 10.3. The molecule has 1 fully saturated rings. The zero-order valence-corrected chi connectivity index (χ0v) is 11.1. The van der Waals surface area contributed by atoms with Gasteiger partial charge >= 0.3 is 6.03 Å². The van der Waals surface area contributed by atoms with E-state index in [1.54, 1.807) is 0 Å². The summed E-state index contributed by atoms with van der Waals surface area (Å²) in [6, 6.07) is 3.18. The van der Waals surface area contributed by atoms with Crippen LogP contribution in [-0.4, -0.2) is 37.2 Å². The number of carbonyl (C=O) groups is 1. The van der Waals surface area contributed by atoms with Crippen molar-refractivity contribution in [3.05, 3.63) is 17.8 Å². The average Bonchev–Trinajstić information content (AvgIpc) is 2.32. The monoisotopic (exact) mass is 271 g/mol. The Labute approximate surface area is 112 Å². The van der Waals surface area contributed by atoms with Gasteiger partial charge in [-0.05, 0) is 19.1 Å². The van der Waals surface area contributed by atoms with Crippen LogP contribution in [0.2, 0.25) is 0 Å². The Morgan fingerprint density at radius 3 is 2.67 bits per heavy atom. The predicted octanol–water partition coefficient (Wildman–Crippen LogP) is 0.712. The molecule has 1 aromatic heterocycles. The van der Waals surface area contributed by atoms with Crippen LogP contribution in [0.15, 0.2) is 12.1 Å². The fourth-order valence-electron chi connectivity index (χ4n) is 1.88. The molecule has 1 aliphatic heterocycles. The first-order chi connectivity index (χ1) is 8.16. The number of halogens is 1. The summed E-state index contributed by atoms with van der Waals surface area (Å²) in [7, 11) is 0. The van der Waals surface area contributed by atoms with Crippen molar-refractivity contribution in [2.45, 2.75) is 6.92 Å². The van der Waals surface area contributed by atoms with Gasteiger partial charge in [-0.25, -0.2) is 9.78 Å². The average molecular weight is 272 g/mol.